The molecule has 0 bridgehead atoms. The van der Waals surface area contributed by atoms with Gasteiger partial charge in [-0.3, -0.25) is 9.80 Å². The SMILES string of the molecule is C/C=C(\O)CN1CCN(C(O)C2CC2)CC1. The first kappa shape index (κ1) is 11.9. The zero-order valence-corrected chi connectivity index (χ0v) is 9.97. The van der Waals surface area contributed by atoms with Crippen LogP contribution in [0.1, 0.15) is 19.8 Å². The van der Waals surface area contributed by atoms with Crippen LogP contribution in [-0.2, 0) is 0 Å². The number of rotatable bonds is 4. The first-order valence-corrected chi connectivity index (χ1v) is 6.19. The Morgan fingerprint density at radius 3 is 2.44 bits per heavy atom. The third-order valence-corrected chi connectivity index (χ3v) is 3.54. The summed E-state index contributed by atoms with van der Waals surface area (Å²) in [5.41, 5.74) is 0. The van der Waals surface area contributed by atoms with Crippen molar-refractivity contribution in [1.82, 2.24) is 9.80 Å². The Labute approximate surface area is 97.2 Å². The minimum atomic E-state index is -0.225. The molecule has 1 atom stereocenters. The maximum absolute atomic E-state index is 9.97. The number of allylic oxidation sites excluding steroid dienone is 1. The van der Waals surface area contributed by atoms with Crippen molar-refractivity contribution in [2.24, 2.45) is 5.92 Å². The molecule has 2 rings (SSSR count). The molecule has 1 saturated carbocycles. The van der Waals surface area contributed by atoms with Gasteiger partial charge in [-0.1, -0.05) is 0 Å². The number of aliphatic hydroxyl groups excluding tert-OH is 2. The van der Waals surface area contributed by atoms with Crippen molar-refractivity contribution >= 4 is 0 Å². The Morgan fingerprint density at radius 1 is 1.31 bits per heavy atom. The second-order valence-electron chi connectivity index (χ2n) is 4.84. The number of nitrogens with zero attached hydrogens (tertiary/aromatic N) is 2. The Bertz CT molecular complexity index is 256. The molecule has 2 aliphatic rings. The predicted octanol–water partition coefficient (Wildman–Crippen LogP) is 0.794. The summed E-state index contributed by atoms with van der Waals surface area (Å²) in [5.74, 6) is 0.965. The summed E-state index contributed by atoms with van der Waals surface area (Å²) >= 11 is 0. The number of piperazine rings is 1. The minimum Gasteiger partial charge on any atom is -0.511 e. The predicted molar refractivity (Wildman–Crippen MR) is 63.1 cm³/mol. The molecule has 1 aliphatic carbocycles. The molecule has 1 aliphatic heterocycles. The molecule has 1 heterocycles. The lowest BCUT2D eigenvalue weighted by molar-refractivity contribution is -0.0382. The van der Waals surface area contributed by atoms with Crippen LogP contribution < -0.4 is 0 Å². The van der Waals surface area contributed by atoms with Crippen molar-refractivity contribution < 1.29 is 10.2 Å². The van der Waals surface area contributed by atoms with Crippen molar-refractivity contribution in [2.75, 3.05) is 32.7 Å². The van der Waals surface area contributed by atoms with E-state index in [-0.39, 0.29) is 6.23 Å². The highest BCUT2D eigenvalue weighted by Gasteiger charge is 2.35. The standard InChI is InChI=1S/C12H22N2O2/c1-2-11(15)9-13-5-7-14(8-6-13)12(16)10-3-4-10/h2,10,12,15-16H,3-9H2,1H3/b11-2-. The van der Waals surface area contributed by atoms with Gasteiger partial charge in [0.1, 0.15) is 12.0 Å². The molecule has 0 amide bonds. The molecule has 16 heavy (non-hydrogen) atoms. The fraction of sp³-hybridized carbons (Fsp3) is 0.833. The maximum Gasteiger partial charge on any atom is 0.110 e. The van der Waals surface area contributed by atoms with E-state index in [9.17, 15) is 10.2 Å². The Kier molecular flexibility index (Phi) is 3.84. The Morgan fingerprint density at radius 2 is 1.94 bits per heavy atom. The lowest BCUT2D eigenvalue weighted by Gasteiger charge is -2.37. The van der Waals surface area contributed by atoms with Gasteiger partial charge in [0, 0.05) is 26.2 Å². The topological polar surface area (TPSA) is 46.9 Å². The second-order valence-corrected chi connectivity index (χ2v) is 4.84. The molecular formula is C12H22N2O2. The van der Waals surface area contributed by atoms with Gasteiger partial charge < -0.3 is 10.2 Å². The van der Waals surface area contributed by atoms with Crippen LogP contribution in [0.4, 0.5) is 0 Å². The van der Waals surface area contributed by atoms with Gasteiger partial charge in [-0.2, -0.15) is 0 Å². The summed E-state index contributed by atoms with van der Waals surface area (Å²) in [5, 5.41) is 19.4. The van der Waals surface area contributed by atoms with Gasteiger partial charge in [0.05, 0.1) is 6.54 Å². The normalized spacial score (nSPS) is 27.0. The molecule has 2 N–H and O–H groups in total. The molecule has 4 heteroatoms. The van der Waals surface area contributed by atoms with Crippen molar-refractivity contribution in [1.29, 1.82) is 0 Å². The molecule has 0 aromatic rings. The molecule has 2 fully saturated rings. The first-order chi connectivity index (χ1) is 7.70. The van der Waals surface area contributed by atoms with Crippen molar-refractivity contribution in [3.63, 3.8) is 0 Å². The molecule has 0 aromatic carbocycles. The van der Waals surface area contributed by atoms with Crippen LogP contribution in [0.2, 0.25) is 0 Å². The van der Waals surface area contributed by atoms with E-state index in [1.165, 1.54) is 12.8 Å². The van der Waals surface area contributed by atoms with E-state index < -0.39 is 0 Å². The summed E-state index contributed by atoms with van der Waals surface area (Å²) in [6, 6.07) is 0. The average molecular weight is 226 g/mol. The zero-order chi connectivity index (χ0) is 11.5. The Balaban J connectivity index is 1.73. The molecular weight excluding hydrogens is 204 g/mol. The average Bonchev–Trinajstić information content (AvgIpc) is 3.13. The van der Waals surface area contributed by atoms with E-state index in [2.05, 4.69) is 9.80 Å². The quantitative estimate of drug-likeness (QED) is 0.696. The fourth-order valence-electron chi connectivity index (χ4n) is 2.20. The van der Waals surface area contributed by atoms with Gasteiger partial charge in [-0.05, 0) is 31.8 Å². The highest BCUT2D eigenvalue weighted by molar-refractivity contribution is 4.92. The van der Waals surface area contributed by atoms with Crippen LogP contribution in [0.25, 0.3) is 0 Å². The number of aliphatic hydroxyl groups is 2. The number of hydrogen-bond acceptors (Lipinski definition) is 4. The highest BCUT2D eigenvalue weighted by atomic mass is 16.3. The molecule has 0 radical (unpaired) electrons. The van der Waals surface area contributed by atoms with Crippen molar-refractivity contribution in [3.8, 4) is 0 Å². The van der Waals surface area contributed by atoms with Crippen LogP contribution in [0.5, 0.6) is 0 Å². The van der Waals surface area contributed by atoms with E-state index in [1.807, 2.05) is 6.92 Å². The fourth-order valence-corrected chi connectivity index (χ4v) is 2.20. The summed E-state index contributed by atoms with van der Waals surface area (Å²) in [6.45, 7) is 6.18. The van der Waals surface area contributed by atoms with Crippen LogP contribution in [-0.4, -0.2) is 59.0 Å². The van der Waals surface area contributed by atoms with Crippen LogP contribution in [0, 0.1) is 5.92 Å². The van der Waals surface area contributed by atoms with Gasteiger partial charge in [-0.25, -0.2) is 0 Å². The number of hydrogen-bond donors (Lipinski definition) is 2. The van der Waals surface area contributed by atoms with E-state index in [4.69, 9.17) is 0 Å². The minimum absolute atomic E-state index is 0.225. The van der Waals surface area contributed by atoms with Gasteiger partial charge in [-0.15, -0.1) is 0 Å². The zero-order valence-electron chi connectivity index (χ0n) is 9.97. The third kappa shape index (κ3) is 2.97. The van der Waals surface area contributed by atoms with Crippen LogP contribution in [0.3, 0.4) is 0 Å². The van der Waals surface area contributed by atoms with Gasteiger partial charge in [0.15, 0.2) is 0 Å². The van der Waals surface area contributed by atoms with E-state index in [0.717, 1.165) is 26.2 Å². The maximum atomic E-state index is 9.97. The molecule has 0 aromatic heterocycles. The summed E-state index contributed by atoms with van der Waals surface area (Å²) in [7, 11) is 0. The largest absolute Gasteiger partial charge is 0.511 e. The smallest absolute Gasteiger partial charge is 0.110 e. The lowest BCUT2D eigenvalue weighted by atomic mass is 10.2. The van der Waals surface area contributed by atoms with Crippen LogP contribution in [0.15, 0.2) is 11.8 Å². The van der Waals surface area contributed by atoms with Gasteiger partial charge in [0.2, 0.25) is 0 Å². The van der Waals surface area contributed by atoms with Crippen molar-refractivity contribution in [2.45, 2.75) is 26.0 Å². The summed E-state index contributed by atoms with van der Waals surface area (Å²) < 4.78 is 0. The van der Waals surface area contributed by atoms with E-state index in [0.29, 0.717) is 18.2 Å². The third-order valence-electron chi connectivity index (χ3n) is 3.54. The molecule has 0 spiro atoms. The van der Waals surface area contributed by atoms with E-state index in [1.54, 1.807) is 6.08 Å². The van der Waals surface area contributed by atoms with Crippen molar-refractivity contribution in [3.05, 3.63) is 11.8 Å². The molecule has 92 valence electrons. The first-order valence-electron chi connectivity index (χ1n) is 6.19. The lowest BCUT2D eigenvalue weighted by Crippen LogP contribution is -2.51. The highest BCUT2D eigenvalue weighted by Crippen LogP contribution is 2.34. The molecule has 1 saturated heterocycles. The summed E-state index contributed by atoms with van der Waals surface area (Å²) in [4.78, 5) is 4.40. The second kappa shape index (κ2) is 5.17. The van der Waals surface area contributed by atoms with Crippen LogP contribution >= 0.6 is 0 Å². The summed E-state index contributed by atoms with van der Waals surface area (Å²) in [6.07, 6.45) is 3.88. The molecule has 4 nitrogen and oxygen atoms in total. The van der Waals surface area contributed by atoms with Gasteiger partial charge >= 0.3 is 0 Å². The Hall–Kier alpha value is -0.580. The van der Waals surface area contributed by atoms with E-state index >= 15 is 0 Å². The molecule has 1 unspecified atom stereocenters. The van der Waals surface area contributed by atoms with Gasteiger partial charge in [0.25, 0.3) is 0 Å². The monoisotopic (exact) mass is 226 g/mol.